The topological polar surface area (TPSA) is 76.1 Å². The molecule has 0 spiro atoms. The maximum absolute atomic E-state index is 12.0. The molecule has 2 aromatic rings. The Morgan fingerprint density at radius 1 is 1.21 bits per heavy atom. The first-order chi connectivity index (χ1) is 13.5. The van der Waals surface area contributed by atoms with E-state index < -0.39 is 11.9 Å². The summed E-state index contributed by atoms with van der Waals surface area (Å²) in [6.45, 7) is 3.26. The number of rotatable bonds is 8. The summed E-state index contributed by atoms with van der Waals surface area (Å²) >= 11 is 0. The number of ether oxygens (including phenoxy) is 2. The molecule has 1 N–H and O–H groups in total. The molecule has 6 heteroatoms. The van der Waals surface area contributed by atoms with Crippen molar-refractivity contribution in [1.82, 2.24) is 4.90 Å². The minimum atomic E-state index is -0.910. The Kier molecular flexibility index (Phi) is 6.19. The number of amides is 1. The van der Waals surface area contributed by atoms with Crippen molar-refractivity contribution < 1.29 is 24.2 Å². The van der Waals surface area contributed by atoms with Gasteiger partial charge in [-0.3, -0.25) is 9.59 Å². The molecule has 0 saturated carbocycles. The average Bonchev–Trinajstić information content (AvgIpc) is 3.07. The van der Waals surface area contributed by atoms with Gasteiger partial charge in [0.15, 0.2) is 11.5 Å². The summed E-state index contributed by atoms with van der Waals surface area (Å²) in [5.41, 5.74) is 3.28. The van der Waals surface area contributed by atoms with Crippen molar-refractivity contribution in [3.8, 4) is 11.5 Å². The molecule has 0 bridgehead atoms. The predicted molar refractivity (Wildman–Crippen MR) is 105 cm³/mol. The molecule has 1 aliphatic rings. The van der Waals surface area contributed by atoms with Crippen molar-refractivity contribution in [2.75, 3.05) is 20.2 Å². The number of nitrogens with zero attached hydrogens (tertiary/aromatic N) is 1. The van der Waals surface area contributed by atoms with E-state index in [9.17, 15) is 9.59 Å². The van der Waals surface area contributed by atoms with Crippen LogP contribution in [0.2, 0.25) is 0 Å². The number of hydrogen-bond acceptors (Lipinski definition) is 4. The van der Waals surface area contributed by atoms with E-state index in [1.807, 2.05) is 49.4 Å². The van der Waals surface area contributed by atoms with Crippen LogP contribution < -0.4 is 9.47 Å². The number of likely N-dealkylation sites (tertiary alicyclic amines) is 1. The molecule has 0 radical (unpaired) electrons. The SMILES string of the molecule is COc1ccc(CCN2CC(C(=O)O)CC2=O)cc1OCc1ccccc1C. The largest absolute Gasteiger partial charge is 0.493 e. The van der Waals surface area contributed by atoms with Gasteiger partial charge in [-0.2, -0.15) is 0 Å². The van der Waals surface area contributed by atoms with Crippen LogP contribution in [0.1, 0.15) is 23.1 Å². The van der Waals surface area contributed by atoms with Crippen LogP contribution in [0.4, 0.5) is 0 Å². The highest BCUT2D eigenvalue weighted by atomic mass is 16.5. The summed E-state index contributed by atoms with van der Waals surface area (Å²) in [6, 6.07) is 13.8. The molecular formula is C22H25NO5. The number of carboxylic acids is 1. The van der Waals surface area contributed by atoms with Crippen LogP contribution in [0, 0.1) is 12.8 Å². The number of aliphatic carboxylic acids is 1. The Balaban J connectivity index is 1.65. The van der Waals surface area contributed by atoms with Gasteiger partial charge in [0, 0.05) is 19.5 Å². The average molecular weight is 383 g/mol. The molecule has 6 nitrogen and oxygen atoms in total. The number of benzene rings is 2. The van der Waals surface area contributed by atoms with Gasteiger partial charge >= 0.3 is 5.97 Å². The van der Waals surface area contributed by atoms with Gasteiger partial charge in [-0.25, -0.2) is 0 Å². The first-order valence-electron chi connectivity index (χ1n) is 9.32. The molecule has 1 fully saturated rings. The highest BCUT2D eigenvalue weighted by Crippen LogP contribution is 2.29. The van der Waals surface area contributed by atoms with E-state index in [1.165, 1.54) is 0 Å². The van der Waals surface area contributed by atoms with E-state index in [0.717, 1.165) is 16.7 Å². The monoisotopic (exact) mass is 383 g/mol. The molecule has 2 aromatic carbocycles. The fourth-order valence-corrected chi connectivity index (χ4v) is 3.33. The number of carbonyl (C=O) groups is 2. The van der Waals surface area contributed by atoms with Crippen molar-refractivity contribution >= 4 is 11.9 Å². The molecule has 1 amide bonds. The summed E-state index contributed by atoms with van der Waals surface area (Å²) in [5.74, 6) is -0.305. The van der Waals surface area contributed by atoms with Gasteiger partial charge in [0.25, 0.3) is 0 Å². The quantitative estimate of drug-likeness (QED) is 0.758. The molecule has 1 heterocycles. The molecule has 1 saturated heterocycles. The first-order valence-corrected chi connectivity index (χ1v) is 9.32. The van der Waals surface area contributed by atoms with Crippen molar-refractivity contribution in [3.63, 3.8) is 0 Å². The summed E-state index contributed by atoms with van der Waals surface area (Å²) in [6.07, 6.45) is 0.714. The molecule has 0 aromatic heterocycles. The van der Waals surface area contributed by atoms with E-state index in [2.05, 4.69) is 0 Å². The van der Waals surface area contributed by atoms with E-state index >= 15 is 0 Å². The lowest BCUT2D eigenvalue weighted by Crippen LogP contribution is -2.28. The van der Waals surface area contributed by atoms with E-state index in [4.69, 9.17) is 14.6 Å². The van der Waals surface area contributed by atoms with Crippen LogP contribution in [-0.4, -0.2) is 42.1 Å². The van der Waals surface area contributed by atoms with Gasteiger partial charge in [0.05, 0.1) is 13.0 Å². The second kappa shape index (κ2) is 8.78. The van der Waals surface area contributed by atoms with Crippen molar-refractivity contribution in [2.45, 2.75) is 26.4 Å². The van der Waals surface area contributed by atoms with Crippen molar-refractivity contribution in [2.24, 2.45) is 5.92 Å². The van der Waals surface area contributed by atoms with Gasteiger partial charge in [0.2, 0.25) is 5.91 Å². The zero-order valence-corrected chi connectivity index (χ0v) is 16.2. The van der Waals surface area contributed by atoms with Gasteiger partial charge in [-0.05, 0) is 42.2 Å². The number of carboxylic acid groups (broad SMARTS) is 1. The summed E-state index contributed by atoms with van der Waals surface area (Å²) < 4.78 is 11.4. The van der Waals surface area contributed by atoms with Crippen LogP contribution in [0.15, 0.2) is 42.5 Å². The maximum atomic E-state index is 12.0. The van der Waals surface area contributed by atoms with Gasteiger partial charge in [-0.1, -0.05) is 30.3 Å². The Hall–Kier alpha value is -3.02. The van der Waals surface area contributed by atoms with Crippen molar-refractivity contribution in [3.05, 3.63) is 59.2 Å². The molecule has 3 rings (SSSR count). The summed E-state index contributed by atoms with van der Waals surface area (Å²) in [5, 5.41) is 9.09. The second-order valence-corrected chi connectivity index (χ2v) is 7.03. The third-order valence-electron chi connectivity index (χ3n) is 5.11. The van der Waals surface area contributed by atoms with Crippen LogP contribution in [0.5, 0.6) is 11.5 Å². The third-order valence-corrected chi connectivity index (χ3v) is 5.11. The fraction of sp³-hybridized carbons (Fsp3) is 0.364. The molecule has 1 atom stereocenters. The van der Waals surface area contributed by atoms with E-state index in [0.29, 0.717) is 31.1 Å². The zero-order valence-electron chi connectivity index (χ0n) is 16.2. The molecule has 28 heavy (non-hydrogen) atoms. The predicted octanol–water partition coefficient (Wildman–Crippen LogP) is 3.06. The Labute approximate surface area is 164 Å². The maximum Gasteiger partial charge on any atom is 0.308 e. The molecule has 1 aliphatic heterocycles. The van der Waals surface area contributed by atoms with Crippen LogP contribution >= 0.6 is 0 Å². The van der Waals surface area contributed by atoms with Gasteiger partial charge < -0.3 is 19.5 Å². The molecule has 148 valence electrons. The van der Waals surface area contributed by atoms with Crippen molar-refractivity contribution in [1.29, 1.82) is 0 Å². The smallest absolute Gasteiger partial charge is 0.308 e. The Morgan fingerprint density at radius 2 is 2.00 bits per heavy atom. The standard InChI is InChI=1S/C22H25NO5/c1-15-5-3-4-6-17(15)14-28-20-11-16(7-8-19(20)27-2)9-10-23-13-18(22(25)26)12-21(23)24/h3-8,11,18H,9-10,12-14H2,1-2H3,(H,25,26). The normalized spacial score (nSPS) is 16.3. The van der Waals surface area contributed by atoms with E-state index in [1.54, 1.807) is 12.0 Å². The molecule has 1 unspecified atom stereocenters. The number of aryl methyl sites for hydroxylation is 1. The van der Waals surface area contributed by atoms with Crippen LogP contribution in [0.25, 0.3) is 0 Å². The highest BCUT2D eigenvalue weighted by molar-refractivity contribution is 5.86. The van der Waals surface area contributed by atoms with E-state index in [-0.39, 0.29) is 18.9 Å². The lowest BCUT2D eigenvalue weighted by molar-refractivity contribution is -0.141. The third kappa shape index (κ3) is 4.63. The number of carbonyl (C=O) groups excluding carboxylic acids is 1. The number of methoxy groups -OCH3 is 1. The zero-order chi connectivity index (χ0) is 20.1. The molecular weight excluding hydrogens is 358 g/mol. The Morgan fingerprint density at radius 3 is 2.68 bits per heavy atom. The van der Waals surface area contributed by atoms with Gasteiger partial charge in [-0.15, -0.1) is 0 Å². The minimum Gasteiger partial charge on any atom is -0.493 e. The Bertz CT molecular complexity index is 864. The molecule has 0 aliphatic carbocycles. The summed E-state index contributed by atoms with van der Waals surface area (Å²) in [4.78, 5) is 24.7. The highest BCUT2D eigenvalue weighted by Gasteiger charge is 2.33. The summed E-state index contributed by atoms with van der Waals surface area (Å²) in [7, 11) is 1.60. The lowest BCUT2D eigenvalue weighted by atomic mass is 10.1. The minimum absolute atomic E-state index is 0.0860. The van der Waals surface area contributed by atoms with Crippen LogP contribution in [-0.2, 0) is 22.6 Å². The van der Waals surface area contributed by atoms with Gasteiger partial charge in [0.1, 0.15) is 6.61 Å². The lowest BCUT2D eigenvalue weighted by Gasteiger charge is -2.17. The fourth-order valence-electron chi connectivity index (χ4n) is 3.33. The number of hydrogen-bond donors (Lipinski definition) is 1. The first kappa shape index (κ1) is 19.7. The van der Waals surface area contributed by atoms with Crippen LogP contribution in [0.3, 0.4) is 0 Å². The second-order valence-electron chi connectivity index (χ2n) is 7.03.